The molecule has 0 aliphatic carbocycles. The second-order valence-electron chi connectivity index (χ2n) is 4.62. The zero-order valence-corrected chi connectivity index (χ0v) is 10.4. The summed E-state index contributed by atoms with van der Waals surface area (Å²) in [6.45, 7) is 3.69. The summed E-state index contributed by atoms with van der Waals surface area (Å²) >= 11 is 0. The molecule has 2 rings (SSSR count). The van der Waals surface area contributed by atoms with E-state index in [-0.39, 0.29) is 11.8 Å². The summed E-state index contributed by atoms with van der Waals surface area (Å²) in [6, 6.07) is 0. The number of nitrogens with zero attached hydrogens (tertiary/aromatic N) is 4. The van der Waals surface area contributed by atoms with Crippen LogP contribution in [0.25, 0.3) is 0 Å². The number of nitrogens with two attached hydrogens (primary N) is 1. The number of carbonyl (C=O) groups is 1. The summed E-state index contributed by atoms with van der Waals surface area (Å²) in [7, 11) is 1.78. The lowest BCUT2D eigenvalue weighted by molar-refractivity contribution is -0.134. The Morgan fingerprint density at radius 1 is 1.59 bits per heavy atom. The average molecular weight is 237 g/mol. The number of aromatic nitrogens is 3. The second kappa shape index (κ2) is 4.83. The van der Waals surface area contributed by atoms with E-state index in [1.807, 2.05) is 6.92 Å². The average Bonchev–Trinajstić information content (AvgIpc) is 2.91. The molecule has 2 N–H and O–H groups in total. The number of fused-ring (bicyclic) bond motifs is 1. The molecule has 0 fully saturated rings. The van der Waals surface area contributed by atoms with Gasteiger partial charge in [0, 0.05) is 32.5 Å². The van der Waals surface area contributed by atoms with Gasteiger partial charge in [0.2, 0.25) is 5.91 Å². The maximum atomic E-state index is 11.9. The Morgan fingerprint density at radius 2 is 2.35 bits per heavy atom. The van der Waals surface area contributed by atoms with Gasteiger partial charge in [-0.05, 0) is 6.42 Å². The second-order valence-corrected chi connectivity index (χ2v) is 4.62. The Hall–Kier alpha value is -1.43. The van der Waals surface area contributed by atoms with Crippen LogP contribution in [0.5, 0.6) is 0 Å². The number of aryl methyl sites for hydroxylation is 1. The van der Waals surface area contributed by atoms with E-state index in [1.54, 1.807) is 11.9 Å². The summed E-state index contributed by atoms with van der Waals surface area (Å²) in [4.78, 5) is 13.6. The van der Waals surface area contributed by atoms with Gasteiger partial charge in [-0.1, -0.05) is 6.92 Å². The van der Waals surface area contributed by atoms with E-state index in [9.17, 15) is 4.79 Å². The molecule has 6 heteroatoms. The van der Waals surface area contributed by atoms with Gasteiger partial charge >= 0.3 is 0 Å². The standard InChI is InChI=1S/C11H19N5O/c1-8(6-12)11(17)15(2)7-10-14-13-9-4-3-5-16(9)10/h8H,3-7,12H2,1-2H3. The van der Waals surface area contributed by atoms with Crippen LogP contribution in [0.4, 0.5) is 0 Å². The quantitative estimate of drug-likeness (QED) is 0.785. The van der Waals surface area contributed by atoms with Crippen LogP contribution in [0.2, 0.25) is 0 Å². The SMILES string of the molecule is CC(CN)C(=O)N(C)Cc1nnc2n1CCC2. The van der Waals surface area contributed by atoms with Crippen molar-refractivity contribution in [3.8, 4) is 0 Å². The lowest BCUT2D eigenvalue weighted by Gasteiger charge is -2.20. The van der Waals surface area contributed by atoms with Gasteiger partial charge in [0.05, 0.1) is 6.54 Å². The first-order valence-electron chi connectivity index (χ1n) is 5.99. The van der Waals surface area contributed by atoms with Gasteiger partial charge in [-0.15, -0.1) is 10.2 Å². The predicted octanol–water partition coefficient (Wildman–Crippen LogP) is -0.222. The molecule has 0 saturated heterocycles. The van der Waals surface area contributed by atoms with E-state index in [2.05, 4.69) is 14.8 Å². The summed E-state index contributed by atoms with van der Waals surface area (Å²) in [6.07, 6.45) is 2.11. The molecule has 0 saturated carbocycles. The smallest absolute Gasteiger partial charge is 0.226 e. The Morgan fingerprint density at radius 3 is 3.06 bits per heavy atom. The molecule has 1 aliphatic rings. The number of amides is 1. The lowest BCUT2D eigenvalue weighted by atomic mass is 10.1. The highest BCUT2D eigenvalue weighted by atomic mass is 16.2. The molecule has 1 aliphatic heterocycles. The van der Waals surface area contributed by atoms with Crippen LogP contribution in [0, 0.1) is 5.92 Å². The van der Waals surface area contributed by atoms with Crippen LogP contribution in [0.15, 0.2) is 0 Å². The first-order valence-corrected chi connectivity index (χ1v) is 5.99. The zero-order chi connectivity index (χ0) is 12.4. The molecule has 1 atom stereocenters. The number of hydrogen-bond donors (Lipinski definition) is 1. The van der Waals surface area contributed by atoms with Crippen LogP contribution in [0.3, 0.4) is 0 Å². The molecule has 0 radical (unpaired) electrons. The Labute approximate surface area is 101 Å². The minimum Gasteiger partial charge on any atom is -0.338 e. The summed E-state index contributed by atoms with van der Waals surface area (Å²) in [5, 5.41) is 8.26. The van der Waals surface area contributed by atoms with E-state index in [0.29, 0.717) is 13.1 Å². The Balaban J connectivity index is 2.03. The van der Waals surface area contributed by atoms with E-state index >= 15 is 0 Å². The highest BCUT2D eigenvalue weighted by Crippen LogP contribution is 2.15. The van der Waals surface area contributed by atoms with Gasteiger partial charge in [0.25, 0.3) is 0 Å². The van der Waals surface area contributed by atoms with Crippen molar-refractivity contribution in [3.63, 3.8) is 0 Å². The highest BCUT2D eigenvalue weighted by Gasteiger charge is 2.21. The van der Waals surface area contributed by atoms with E-state index in [0.717, 1.165) is 31.0 Å². The van der Waals surface area contributed by atoms with Gasteiger partial charge in [-0.2, -0.15) is 0 Å². The van der Waals surface area contributed by atoms with Crippen molar-refractivity contribution in [2.24, 2.45) is 11.7 Å². The van der Waals surface area contributed by atoms with E-state index in [4.69, 9.17) is 5.73 Å². The molecular formula is C11H19N5O. The first-order chi connectivity index (χ1) is 8.13. The number of rotatable bonds is 4. The number of hydrogen-bond acceptors (Lipinski definition) is 4. The fourth-order valence-corrected chi connectivity index (χ4v) is 2.09. The predicted molar refractivity (Wildman–Crippen MR) is 63.0 cm³/mol. The maximum Gasteiger partial charge on any atom is 0.226 e. The Bertz CT molecular complexity index is 414. The van der Waals surface area contributed by atoms with Gasteiger partial charge in [-0.3, -0.25) is 4.79 Å². The lowest BCUT2D eigenvalue weighted by Crippen LogP contribution is -2.35. The minimum atomic E-state index is -0.138. The van der Waals surface area contributed by atoms with Gasteiger partial charge in [-0.25, -0.2) is 0 Å². The van der Waals surface area contributed by atoms with Crippen LogP contribution in [-0.4, -0.2) is 39.2 Å². The third kappa shape index (κ3) is 2.31. The maximum absolute atomic E-state index is 11.9. The molecule has 0 bridgehead atoms. The molecule has 6 nitrogen and oxygen atoms in total. The van der Waals surface area contributed by atoms with Crippen molar-refractivity contribution >= 4 is 5.91 Å². The van der Waals surface area contributed by atoms with Crippen LogP contribution in [0.1, 0.15) is 25.0 Å². The fraction of sp³-hybridized carbons (Fsp3) is 0.727. The van der Waals surface area contributed by atoms with E-state index in [1.165, 1.54) is 0 Å². The molecule has 0 spiro atoms. The molecule has 1 aromatic rings. The topological polar surface area (TPSA) is 77.0 Å². The molecule has 2 heterocycles. The van der Waals surface area contributed by atoms with Crippen molar-refractivity contribution in [2.75, 3.05) is 13.6 Å². The molecular weight excluding hydrogens is 218 g/mol. The summed E-state index contributed by atoms with van der Waals surface area (Å²) < 4.78 is 2.11. The fourth-order valence-electron chi connectivity index (χ4n) is 2.09. The van der Waals surface area contributed by atoms with Crippen molar-refractivity contribution < 1.29 is 4.79 Å². The largest absolute Gasteiger partial charge is 0.338 e. The third-order valence-electron chi connectivity index (χ3n) is 3.22. The highest BCUT2D eigenvalue weighted by molar-refractivity contribution is 5.78. The van der Waals surface area contributed by atoms with Crippen LogP contribution >= 0.6 is 0 Å². The summed E-state index contributed by atoms with van der Waals surface area (Å²) in [5.41, 5.74) is 5.49. The van der Waals surface area contributed by atoms with Crippen LogP contribution < -0.4 is 5.73 Å². The van der Waals surface area contributed by atoms with Gasteiger partial charge in [0.15, 0.2) is 5.82 Å². The molecule has 1 unspecified atom stereocenters. The molecule has 94 valence electrons. The van der Waals surface area contributed by atoms with E-state index < -0.39 is 0 Å². The molecule has 17 heavy (non-hydrogen) atoms. The normalized spacial score (nSPS) is 15.7. The minimum absolute atomic E-state index is 0.0582. The van der Waals surface area contributed by atoms with Crippen LogP contribution in [-0.2, 0) is 24.3 Å². The Kier molecular flexibility index (Phi) is 3.42. The van der Waals surface area contributed by atoms with Gasteiger partial charge < -0.3 is 15.2 Å². The number of carbonyl (C=O) groups excluding carboxylic acids is 1. The zero-order valence-electron chi connectivity index (χ0n) is 10.4. The monoisotopic (exact) mass is 237 g/mol. The van der Waals surface area contributed by atoms with Crippen molar-refractivity contribution in [1.82, 2.24) is 19.7 Å². The van der Waals surface area contributed by atoms with Crippen molar-refractivity contribution in [3.05, 3.63) is 11.6 Å². The molecule has 1 aromatic heterocycles. The van der Waals surface area contributed by atoms with Gasteiger partial charge in [0.1, 0.15) is 5.82 Å². The third-order valence-corrected chi connectivity index (χ3v) is 3.22. The van der Waals surface area contributed by atoms with Crippen molar-refractivity contribution in [2.45, 2.75) is 32.9 Å². The van der Waals surface area contributed by atoms with Crippen molar-refractivity contribution in [1.29, 1.82) is 0 Å². The summed E-state index contributed by atoms with van der Waals surface area (Å²) in [5.74, 6) is 1.83. The molecule has 1 amide bonds. The molecule has 0 aromatic carbocycles. The first kappa shape index (κ1) is 12.0.